The van der Waals surface area contributed by atoms with Gasteiger partial charge in [0, 0.05) is 43.8 Å². The zero-order valence-corrected chi connectivity index (χ0v) is 14.1. The normalized spacial score (nSPS) is 23.2. The van der Waals surface area contributed by atoms with Crippen LogP contribution in [0.3, 0.4) is 0 Å². The molecule has 2 rings (SSSR count). The Labute approximate surface area is 127 Å². The molecule has 1 aliphatic heterocycles. The Kier molecular flexibility index (Phi) is 4.77. The minimum Gasteiger partial charge on any atom is -0.308 e. The third-order valence-corrected chi connectivity index (χ3v) is 5.36. The van der Waals surface area contributed by atoms with Crippen LogP contribution in [0.5, 0.6) is 0 Å². The van der Waals surface area contributed by atoms with Crippen molar-refractivity contribution >= 4 is 11.6 Å². The fourth-order valence-electron chi connectivity index (χ4n) is 3.09. The Balaban J connectivity index is 2.18. The van der Waals surface area contributed by atoms with Crippen molar-refractivity contribution in [3.8, 4) is 0 Å². The van der Waals surface area contributed by atoms with Gasteiger partial charge >= 0.3 is 0 Å². The molecule has 0 aliphatic carbocycles. The lowest BCUT2D eigenvalue weighted by Gasteiger charge is -2.46. The van der Waals surface area contributed by atoms with Gasteiger partial charge in [0.2, 0.25) is 0 Å². The highest BCUT2D eigenvalue weighted by Crippen LogP contribution is 2.27. The van der Waals surface area contributed by atoms with E-state index in [1.54, 1.807) is 4.68 Å². The predicted molar refractivity (Wildman–Crippen MR) is 84.1 cm³/mol. The van der Waals surface area contributed by atoms with Gasteiger partial charge in [-0.25, -0.2) is 0 Å². The van der Waals surface area contributed by atoms with E-state index in [0.29, 0.717) is 6.04 Å². The highest BCUT2D eigenvalue weighted by molar-refractivity contribution is 6.30. The summed E-state index contributed by atoms with van der Waals surface area (Å²) in [5, 5.41) is 8.93. The number of halogens is 1. The van der Waals surface area contributed by atoms with Crippen molar-refractivity contribution in [2.45, 2.75) is 58.7 Å². The summed E-state index contributed by atoms with van der Waals surface area (Å²) >= 11 is 6.38. The number of piperazine rings is 1. The largest absolute Gasteiger partial charge is 0.308 e. The molecule has 0 bridgehead atoms. The maximum absolute atomic E-state index is 6.38. The fourth-order valence-corrected chi connectivity index (χ4v) is 3.32. The summed E-state index contributed by atoms with van der Waals surface area (Å²) in [7, 11) is 1.91. The van der Waals surface area contributed by atoms with Gasteiger partial charge in [-0.3, -0.25) is 9.58 Å². The lowest BCUT2D eigenvalue weighted by Crippen LogP contribution is -2.62. The predicted octanol–water partition coefficient (Wildman–Crippen LogP) is 2.73. The van der Waals surface area contributed by atoms with Crippen molar-refractivity contribution in [1.82, 2.24) is 20.0 Å². The van der Waals surface area contributed by atoms with E-state index in [2.05, 4.69) is 36.1 Å². The molecule has 1 aromatic rings. The number of nitrogens with one attached hydrogen (secondary N) is 1. The van der Waals surface area contributed by atoms with E-state index in [0.717, 1.165) is 43.3 Å². The molecular formula is C15H27ClN4. The monoisotopic (exact) mass is 298 g/mol. The minimum absolute atomic E-state index is 0.245. The number of hydrogen-bond acceptors (Lipinski definition) is 3. The van der Waals surface area contributed by atoms with E-state index >= 15 is 0 Å². The van der Waals surface area contributed by atoms with Crippen molar-refractivity contribution in [3.63, 3.8) is 0 Å². The van der Waals surface area contributed by atoms with Crippen LogP contribution in [0, 0.1) is 6.92 Å². The van der Waals surface area contributed by atoms with Crippen molar-refractivity contribution < 1.29 is 0 Å². The molecule has 0 saturated carbocycles. The van der Waals surface area contributed by atoms with Gasteiger partial charge in [-0.2, -0.15) is 5.10 Å². The van der Waals surface area contributed by atoms with Gasteiger partial charge in [-0.15, -0.1) is 0 Å². The first-order valence-corrected chi connectivity index (χ1v) is 7.97. The van der Waals surface area contributed by atoms with Crippen LogP contribution in [0.1, 0.15) is 44.9 Å². The Morgan fingerprint density at radius 1 is 1.40 bits per heavy atom. The first-order chi connectivity index (χ1) is 9.42. The minimum atomic E-state index is 0.245. The molecule has 1 aliphatic rings. The highest BCUT2D eigenvalue weighted by Gasteiger charge is 2.35. The molecule has 114 valence electrons. The lowest BCUT2D eigenvalue weighted by atomic mass is 9.88. The second-order valence-electron chi connectivity index (χ2n) is 6.10. The average molecular weight is 299 g/mol. The van der Waals surface area contributed by atoms with Gasteiger partial charge in [-0.05, 0) is 26.7 Å². The molecular weight excluding hydrogens is 272 g/mol. The SMILES string of the molecule is CCC1(CC)CN(Cc2c(C)nn(C)c2Cl)C(C)CN1. The Bertz CT molecular complexity index is 465. The van der Waals surface area contributed by atoms with Gasteiger partial charge in [0.05, 0.1) is 5.69 Å². The van der Waals surface area contributed by atoms with E-state index in [1.165, 1.54) is 5.56 Å². The van der Waals surface area contributed by atoms with Crippen LogP contribution in [-0.2, 0) is 13.6 Å². The van der Waals surface area contributed by atoms with E-state index in [4.69, 9.17) is 11.6 Å². The molecule has 0 spiro atoms. The van der Waals surface area contributed by atoms with Gasteiger partial charge in [-0.1, -0.05) is 25.4 Å². The summed E-state index contributed by atoms with van der Waals surface area (Å²) in [4.78, 5) is 2.54. The van der Waals surface area contributed by atoms with Crippen LogP contribution in [0.4, 0.5) is 0 Å². The number of aryl methyl sites for hydroxylation is 2. The molecule has 0 aromatic carbocycles. The van der Waals surface area contributed by atoms with Crippen LogP contribution in [0.2, 0.25) is 5.15 Å². The first-order valence-electron chi connectivity index (χ1n) is 7.59. The van der Waals surface area contributed by atoms with Crippen molar-refractivity contribution in [1.29, 1.82) is 0 Å². The molecule has 1 aromatic heterocycles. The molecule has 0 amide bonds. The third kappa shape index (κ3) is 2.87. The fraction of sp³-hybridized carbons (Fsp3) is 0.800. The van der Waals surface area contributed by atoms with E-state index in [9.17, 15) is 0 Å². The van der Waals surface area contributed by atoms with Crippen molar-refractivity contribution in [3.05, 3.63) is 16.4 Å². The number of hydrogen-bond donors (Lipinski definition) is 1. The molecule has 1 saturated heterocycles. The van der Waals surface area contributed by atoms with E-state index < -0.39 is 0 Å². The number of aromatic nitrogens is 2. The molecule has 1 fully saturated rings. The third-order valence-electron chi connectivity index (χ3n) is 4.89. The summed E-state index contributed by atoms with van der Waals surface area (Å²) in [6.07, 6.45) is 2.32. The molecule has 1 unspecified atom stereocenters. The zero-order valence-electron chi connectivity index (χ0n) is 13.3. The maximum Gasteiger partial charge on any atom is 0.131 e. The van der Waals surface area contributed by atoms with Gasteiger partial charge < -0.3 is 5.32 Å². The standard InChI is InChI=1S/C15H27ClN4/c1-6-15(7-2)10-20(11(3)8-17-15)9-13-12(4)18-19(5)14(13)16/h11,17H,6-10H2,1-5H3. The van der Waals surface area contributed by atoms with Crippen LogP contribution in [-0.4, -0.2) is 39.4 Å². The Hall–Kier alpha value is -0.580. The molecule has 0 radical (unpaired) electrons. The molecule has 1 N–H and O–H groups in total. The molecule has 5 heteroatoms. The van der Waals surface area contributed by atoms with Gasteiger partial charge in [0.15, 0.2) is 0 Å². The second-order valence-corrected chi connectivity index (χ2v) is 6.46. The Morgan fingerprint density at radius 3 is 2.55 bits per heavy atom. The van der Waals surface area contributed by atoms with Crippen molar-refractivity contribution in [2.75, 3.05) is 13.1 Å². The lowest BCUT2D eigenvalue weighted by molar-refractivity contribution is 0.0744. The summed E-state index contributed by atoms with van der Waals surface area (Å²) in [6, 6.07) is 0.525. The molecule has 2 heterocycles. The van der Waals surface area contributed by atoms with Crippen LogP contribution < -0.4 is 5.32 Å². The quantitative estimate of drug-likeness (QED) is 0.928. The van der Waals surface area contributed by atoms with Crippen LogP contribution in [0.25, 0.3) is 0 Å². The average Bonchev–Trinajstić information content (AvgIpc) is 2.68. The van der Waals surface area contributed by atoms with Gasteiger partial charge in [0.1, 0.15) is 5.15 Å². The second kappa shape index (κ2) is 6.04. The van der Waals surface area contributed by atoms with Gasteiger partial charge in [0.25, 0.3) is 0 Å². The van der Waals surface area contributed by atoms with Crippen molar-refractivity contribution in [2.24, 2.45) is 7.05 Å². The molecule has 20 heavy (non-hydrogen) atoms. The maximum atomic E-state index is 6.38. The summed E-state index contributed by atoms with van der Waals surface area (Å²) < 4.78 is 1.77. The Morgan fingerprint density at radius 2 is 2.05 bits per heavy atom. The zero-order chi connectivity index (χ0) is 14.9. The molecule has 4 nitrogen and oxygen atoms in total. The molecule has 1 atom stereocenters. The topological polar surface area (TPSA) is 33.1 Å². The van der Waals surface area contributed by atoms with E-state index in [-0.39, 0.29) is 5.54 Å². The first kappa shape index (κ1) is 15.8. The number of nitrogens with zero attached hydrogens (tertiary/aromatic N) is 3. The van der Waals surface area contributed by atoms with Crippen LogP contribution >= 0.6 is 11.6 Å². The van der Waals surface area contributed by atoms with Crippen LogP contribution in [0.15, 0.2) is 0 Å². The smallest absolute Gasteiger partial charge is 0.131 e. The highest BCUT2D eigenvalue weighted by atomic mass is 35.5. The van der Waals surface area contributed by atoms with E-state index in [1.807, 2.05) is 14.0 Å². The summed E-state index contributed by atoms with van der Waals surface area (Å²) in [5.74, 6) is 0. The number of rotatable bonds is 4. The summed E-state index contributed by atoms with van der Waals surface area (Å²) in [6.45, 7) is 11.9. The summed E-state index contributed by atoms with van der Waals surface area (Å²) in [5.41, 5.74) is 2.46.